The van der Waals surface area contributed by atoms with Crippen LogP contribution in [0.15, 0.2) is 24.3 Å². The van der Waals surface area contributed by atoms with Crippen LogP contribution in [0.3, 0.4) is 0 Å². The number of carbonyl (C=O) groups excluding carboxylic acids is 1. The van der Waals surface area contributed by atoms with Crippen LogP contribution in [0.1, 0.15) is 12.0 Å². The number of aliphatic hydroxyl groups is 1. The number of ether oxygens (including phenoxy) is 2. The molecule has 1 amide bonds. The molecule has 0 unspecified atom stereocenters. The molecule has 0 atom stereocenters. The quantitative estimate of drug-likeness (QED) is 0.739. The number of carbonyl (C=O) groups is 1. The average molecular weight is 281 g/mol. The first-order valence-corrected chi connectivity index (χ1v) is 6.74. The highest BCUT2D eigenvalue weighted by Crippen LogP contribution is 2.11. The molecule has 0 aliphatic heterocycles. The number of hydrogen-bond donors (Lipinski definition) is 1. The maximum Gasteiger partial charge on any atom is 0.226 e. The van der Waals surface area contributed by atoms with Gasteiger partial charge >= 0.3 is 0 Å². The van der Waals surface area contributed by atoms with Gasteiger partial charge in [-0.1, -0.05) is 17.7 Å². The van der Waals surface area contributed by atoms with Gasteiger partial charge in [-0.25, -0.2) is 0 Å². The van der Waals surface area contributed by atoms with Crippen molar-refractivity contribution in [1.82, 2.24) is 4.90 Å². The highest BCUT2D eigenvalue weighted by atomic mass is 16.5. The summed E-state index contributed by atoms with van der Waals surface area (Å²) >= 11 is 0. The molecule has 0 fully saturated rings. The molecule has 1 aromatic carbocycles. The Bertz CT molecular complexity index is 391. The molecule has 0 bridgehead atoms. The lowest BCUT2D eigenvalue weighted by Gasteiger charge is -2.21. The van der Waals surface area contributed by atoms with E-state index in [2.05, 4.69) is 0 Å². The summed E-state index contributed by atoms with van der Waals surface area (Å²) in [5, 5.41) is 8.95. The van der Waals surface area contributed by atoms with Gasteiger partial charge in [0.15, 0.2) is 0 Å². The van der Waals surface area contributed by atoms with E-state index in [0.29, 0.717) is 26.3 Å². The highest BCUT2D eigenvalue weighted by Gasteiger charge is 2.12. The Kier molecular flexibility index (Phi) is 7.69. The van der Waals surface area contributed by atoms with Crippen molar-refractivity contribution in [3.05, 3.63) is 29.8 Å². The summed E-state index contributed by atoms with van der Waals surface area (Å²) in [5.41, 5.74) is 1.17. The number of methoxy groups -OCH3 is 1. The third kappa shape index (κ3) is 6.04. The van der Waals surface area contributed by atoms with E-state index in [0.717, 1.165) is 5.75 Å². The van der Waals surface area contributed by atoms with Crippen molar-refractivity contribution in [3.63, 3.8) is 0 Å². The topological polar surface area (TPSA) is 59.0 Å². The van der Waals surface area contributed by atoms with Gasteiger partial charge < -0.3 is 19.5 Å². The second-order valence-corrected chi connectivity index (χ2v) is 4.51. The lowest BCUT2D eigenvalue weighted by molar-refractivity contribution is -0.132. The molecule has 5 nitrogen and oxygen atoms in total. The molecule has 0 spiro atoms. The number of hydrogen-bond acceptors (Lipinski definition) is 4. The monoisotopic (exact) mass is 281 g/mol. The van der Waals surface area contributed by atoms with Crippen LogP contribution in [-0.4, -0.2) is 55.9 Å². The van der Waals surface area contributed by atoms with Gasteiger partial charge in [-0.15, -0.1) is 0 Å². The fourth-order valence-corrected chi connectivity index (χ4v) is 1.73. The molecule has 0 aliphatic carbocycles. The van der Waals surface area contributed by atoms with Gasteiger partial charge in [-0.2, -0.15) is 0 Å². The molecule has 5 heteroatoms. The minimum atomic E-state index is -0.0473. The minimum Gasteiger partial charge on any atom is -0.493 e. The van der Waals surface area contributed by atoms with E-state index in [4.69, 9.17) is 14.6 Å². The maximum absolute atomic E-state index is 12.0. The first-order chi connectivity index (χ1) is 9.67. The van der Waals surface area contributed by atoms with E-state index in [1.165, 1.54) is 5.56 Å². The van der Waals surface area contributed by atoms with Gasteiger partial charge in [0.1, 0.15) is 5.75 Å². The van der Waals surface area contributed by atoms with Gasteiger partial charge in [-0.3, -0.25) is 4.79 Å². The van der Waals surface area contributed by atoms with Gasteiger partial charge in [0.25, 0.3) is 0 Å². The number of rotatable bonds is 9. The molecule has 0 aliphatic rings. The average Bonchev–Trinajstić information content (AvgIpc) is 2.45. The standard InChI is InChI=1S/C15H23NO4/c1-13-3-5-14(6-4-13)20-11-7-15(18)16(8-10-17)9-12-19-2/h3-6,17H,7-12H2,1-2H3. The number of aryl methyl sites for hydroxylation is 1. The molecule has 0 saturated carbocycles. The van der Waals surface area contributed by atoms with Crippen molar-refractivity contribution < 1.29 is 19.4 Å². The summed E-state index contributed by atoms with van der Waals surface area (Å²) in [6, 6.07) is 7.70. The highest BCUT2D eigenvalue weighted by molar-refractivity contribution is 5.76. The number of nitrogens with zero attached hydrogens (tertiary/aromatic N) is 1. The van der Waals surface area contributed by atoms with Crippen LogP contribution in [0.25, 0.3) is 0 Å². The number of aliphatic hydroxyl groups excluding tert-OH is 1. The van der Waals surface area contributed by atoms with E-state index in [1.54, 1.807) is 12.0 Å². The predicted molar refractivity (Wildman–Crippen MR) is 76.8 cm³/mol. The SMILES string of the molecule is COCCN(CCO)C(=O)CCOc1ccc(C)cc1. The van der Waals surface area contributed by atoms with Gasteiger partial charge in [0.05, 0.1) is 26.2 Å². The Hall–Kier alpha value is -1.59. The molecule has 1 N–H and O–H groups in total. The van der Waals surface area contributed by atoms with Crippen LogP contribution in [0.4, 0.5) is 0 Å². The van der Waals surface area contributed by atoms with Crippen LogP contribution >= 0.6 is 0 Å². The van der Waals surface area contributed by atoms with Crippen LogP contribution < -0.4 is 4.74 Å². The first kappa shape index (κ1) is 16.5. The summed E-state index contributed by atoms with van der Waals surface area (Å²) in [6.07, 6.45) is 0.289. The van der Waals surface area contributed by atoms with E-state index >= 15 is 0 Å². The van der Waals surface area contributed by atoms with Crippen molar-refractivity contribution in [2.24, 2.45) is 0 Å². The van der Waals surface area contributed by atoms with Crippen molar-refractivity contribution >= 4 is 5.91 Å². The normalized spacial score (nSPS) is 10.3. The Morgan fingerprint density at radius 3 is 2.50 bits per heavy atom. The van der Waals surface area contributed by atoms with E-state index in [9.17, 15) is 4.79 Å². The molecule has 20 heavy (non-hydrogen) atoms. The second-order valence-electron chi connectivity index (χ2n) is 4.51. The molecule has 0 radical (unpaired) electrons. The van der Waals surface area contributed by atoms with E-state index in [-0.39, 0.29) is 18.9 Å². The fraction of sp³-hybridized carbons (Fsp3) is 0.533. The predicted octanol–water partition coefficient (Wildman–Crippen LogP) is 1.23. The number of amides is 1. The summed E-state index contributed by atoms with van der Waals surface area (Å²) < 4.78 is 10.5. The van der Waals surface area contributed by atoms with Crippen LogP contribution in [-0.2, 0) is 9.53 Å². The largest absolute Gasteiger partial charge is 0.493 e. The Balaban J connectivity index is 2.34. The Labute approximate surface area is 120 Å². The van der Waals surface area contributed by atoms with Crippen LogP contribution in [0.5, 0.6) is 5.75 Å². The summed E-state index contributed by atoms with van der Waals surface area (Å²) in [6.45, 7) is 3.57. The lowest BCUT2D eigenvalue weighted by Crippen LogP contribution is -2.36. The zero-order chi connectivity index (χ0) is 14.8. The van der Waals surface area contributed by atoms with Crippen molar-refractivity contribution in [3.8, 4) is 5.75 Å². The van der Waals surface area contributed by atoms with Crippen molar-refractivity contribution in [2.75, 3.05) is 40.0 Å². The molecule has 0 saturated heterocycles. The molecular formula is C15H23NO4. The molecular weight excluding hydrogens is 258 g/mol. The van der Waals surface area contributed by atoms with E-state index < -0.39 is 0 Å². The van der Waals surface area contributed by atoms with Gasteiger partial charge in [-0.05, 0) is 19.1 Å². The van der Waals surface area contributed by atoms with Crippen molar-refractivity contribution in [2.45, 2.75) is 13.3 Å². The van der Waals surface area contributed by atoms with Crippen LogP contribution in [0, 0.1) is 6.92 Å². The molecule has 1 aromatic rings. The summed E-state index contributed by atoms with van der Waals surface area (Å²) in [5.74, 6) is 0.720. The van der Waals surface area contributed by atoms with Crippen LogP contribution in [0.2, 0.25) is 0 Å². The fourth-order valence-electron chi connectivity index (χ4n) is 1.73. The first-order valence-electron chi connectivity index (χ1n) is 6.74. The second kappa shape index (κ2) is 9.34. The Morgan fingerprint density at radius 1 is 1.20 bits per heavy atom. The Morgan fingerprint density at radius 2 is 1.90 bits per heavy atom. The molecule has 112 valence electrons. The van der Waals surface area contributed by atoms with Gasteiger partial charge in [0, 0.05) is 20.2 Å². The zero-order valence-electron chi connectivity index (χ0n) is 12.2. The zero-order valence-corrected chi connectivity index (χ0v) is 12.2. The van der Waals surface area contributed by atoms with Crippen molar-refractivity contribution in [1.29, 1.82) is 0 Å². The third-order valence-electron chi connectivity index (χ3n) is 2.89. The summed E-state index contributed by atoms with van der Waals surface area (Å²) in [4.78, 5) is 13.5. The molecule has 1 rings (SSSR count). The lowest BCUT2D eigenvalue weighted by atomic mass is 10.2. The van der Waals surface area contributed by atoms with E-state index in [1.807, 2.05) is 31.2 Å². The minimum absolute atomic E-state index is 0.0387. The number of benzene rings is 1. The summed E-state index contributed by atoms with van der Waals surface area (Å²) in [7, 11) is 1.59. The van der Waals surface area contributed by atoms with Gasteiger partial charge in [0.2, 0.25) is 5.91 Å². The molecule has 0 heterocycles. The molecule has 0 aromatic heterocycles. The third-order valence-corrected chi connectivity index (χ3v) is 2.89. The smallest absolute Gasteiger partial charge is 0.226 e. The maximum atomic E-state index is 12.0.